The molecule has 0 aromatic heterocycles. The lowest BCUT2D eigenvalue weighted by molar-refractivity contribution is -0.116. The third kappa shape index (κ3) is 3.34. The van der Waals surface area contributed by atoms with Gasteiger partial charge in [0.25, 0.3) is 5.91 Å². The van der Waals surface area contributed by atoms with Gasteiger partial charge in [-0.25, -0.2) is 0 Å². The number of amides is 2. The maximum Gasteiger partial charge on any atom is 0.255 e. The van der Waals surface area contributed by atoms with E-state index in [-0.39, 0.29) is 11.8 Å². The van der Waals surface area contributed by atoms with E-state index in [2.05, 4.69) is 16.0 Å². The minimum atomic E-state index is -0.165. The lowest BCUT2D eigenvalue weighted by Gasteiger charge is -2.17. The fourth-order valence-electron chi connectivity index (χ4n) is 3.12. The Morgan fingerprint density at radius 2 is 2.00 bits per heavy atom. The summed E-state index contributed by atoms with van der Waals surface area (Å²) in [6.07, 6.45) is 1.11. The van der Waals surface area contributed by atoms with Crippen LogP contribution in [0, 0.1) is 0 Å². The van der Waals surface area contributed by atoms with Gasteiger partial charge in [0.05, 0.1) is 0 Å². The van der Waals surface area contributed by atoms with Crippen molar-refractivity contribution in [3.05, 3.63) is 53.1 Å². The number of aryl methyl sites for hydroxylation is 1. The molecular weight excluding hydrogens is 318 g/mol. The molecule has 25 heavy (non-hydrogen) atoms. The highest BCUT2D eigenvalue weighted by Crippen LogP contribution is 2.26. The van der Waals surface area contributed by atoms with Gasteiger partial charge in [-0.15, -0.1) is 0 Å². The Morgan fingerprint density at radius 3 is 2.92 bits per heavy atom. The minimum Gasteiger partial charge on any atom is -0.492 e. The van der Waals surface area contributed by atoms with E-state index in [0.717, 1.165) is 41.3 Å². The molecule has 0 atom stereocenters. The van der Waals surface area contributed by atoms with E-state index in [9.17, 15) is 9.59 Å². The van der Waals surface area contributed by atoms with Crippen molar-refractivity contribution in [1.29, 1.82) is 0 Å². The monoisotopic (exact) mass is 337 g/mol. The van der Waals surface area contributed by atoms with Crippen molar-refractivity contribution in [1.82, 2.24) is 5.32 Å². The van der Waals surface area contributed by atoms with Crippen molar-refractivity contribution in [2.45, 2.75) is 19.4 Å². The number of carbonyl (C=O) groups is 2. The molecule has 128 valence electrons. The minimum absolute atomic E-state index is 0.0190. The highest BCUT2D eigenvalue weighted by Gasteiger charge is 2.17. The average Bonchev–Trinajstić information content (AvgIpc) is 2.86. The van der Waals surface area contributed by atoms with Gasteiger partial charge in [0, 0.05) is 42.0 Å². The Balaban J connectivity index is 1.52. The van der Waals surface area contributed by atoms with Crippen molar-refractivity contribution >= 4 is 23.2 Å². The fourth-order valence-corrected chi connectivity index (χ4v) is 3.12. The van der Waals surface area contributed by atoms with Crippen LogP contribution in [0.3, 0.4) is 0 Å². The van der Waals surface area contributed by atoms with E-state index < -0.39 is 0 Å². The third-order valence-corrected chi connectivity index (χ3v) is 4.43. The number of ether oxygens (including phenoxy) is 1. The molecule has 0 spiro atoms. The molecule has 0 aliphatic carbocycles. The molecule has 0 saturated heterocycles. The van der Waals surface area contributed by atoms with Crippen LogP contribution in [-0.2, 0) is 17.8 Å². The Morgan fingerprint density at radius 1 is 1.08 bits per heavy atom. The fraction of sp³-hybridized carbons (Fsp3) is 0.263. The first-order valence-electron chi connectivity index (χ1n) is 8.39. The average molecular weight is 337 g/mol. The van der Waals surface area contributed by atoms with E-state index in [0.29, 0.717) is 25.0 Å². The van der Waals surface area contributed by atoms with Crippen LogP contribution in [0.1, 0.15) is 27.9 Å². The lowest BCUT2D eigenvalue weighted by Crippen LogP contribution is -2.20. The molecule has 0 unspecified atom stereocenters. The van der Waals surface area contributed by atoms with Crippen LogP contribution in [-0.4, -0.2) is 25.0 Å². The van der Waals surface area contributed by atoms with E-state index in [4.69, 9.17) is 4.74 Å². The number of fused-ring (bicyclic) bond motifs is 2. The van der Waals surface area contributed by atoms with Crippen molar-refractivity contribution < 1.29 is 14.3 Å². The van der Waals surface area contributed by atoms with Crippen LogP contribution in [0.25, 0.3) is 0 Å². The van der Waals surface area contributed by atoms with Gasteiger partial charge < -0.3 is 20.7 Å². The third-order valence-electron chi connectivity index (χ3n) is 4.43. The highest BCUT2D eigenvalue weighted by molar-refractivity contribution is 6.05. The summed E-state index contributed by atoms with van der Waals surface area (Å²) < 4.78 is 5.65. The van der Waals surface area contributed by atoms with Gasteiger partial charge >= 0.3 is 0 Å². The van der Waals surface area contributed by atoms with Gasteiger partial charge in [-0.1, -0.05) is 0 Å². The quantitative estimate of drug-likeness (QED) is 0.786. The zero-order valence-electron chi connectivity index (χ0n) is 13.7. The number of nitrogens with one attached hydrogen (secondary N) is 3. The van der Waals surface area contributed by atoms with Crippen LogP contribution in [0.5, 0.6) is 5.75 Å². The molecule has 0 fully saturated rings. The topological polar surface area (TPSA) is 79.5 Å². The van der Waals surface area contributed by atoms with Crippen molar-refractivity contribution in [3.8, 4) is 5.75 Å². The van der Waals surface area contributed by atoms with E-state index >= 15 is 0 Å². The highest BCUT2D eigenvalue weighted by atomic mass is 16.5. The van der Waals surface area contributed by atoms with Gasteiger partial charge in [0.1, 0.15) is 12.4 Å². The van der Waals surface area contributed by atoms with Crippen molar-refractivity contribution in [2.75, 3.05) is 23.8 Å². The van der Waals surface area contributed by atoms with Crippen molar-refractivity contribution in [2.24, 2.45) is 0 Å². The first kappa shape index (κ1) is 15.7. The van der Waals surface area contributed by atoms with Gasteiger partial charge in [-0.05, 0) is 48.4 Å². The van der Waals surface area contributed by atoms with Gasteiger partial charge in [-0.2, -0.15) is 0 Å². The summed E-state index contributed by atoms with van der Waals surface area (Å²) in [4.78, 5) is 24.0. The lowest BCUT2D eigenvalue weighted by atomic mass is 10.00. The number of anilines is 2. The molecule has 2 heterocycles. The maximum absolute atomic E-state index is 12.6. The summed E-state index contributed by atoms with van der Waals surface area (Å²) in [6, 6.07) is 11.0. The van der Waals surface area contributed by atoms with Crippen LogP contribution in [0.15, 0.2) is 36.4 Å². The normalized spacial score (nSPS) is 15.9. The largest absolute Gasteiger partial charge is 0.492 e. The smallest absolute Gasteiger partial charge is 0.255 e. The predicted molar refractivity (Wildman–Crippen MR) is 95.0 cm³/mol. The number of hydrogen-bond acceptors (Lipinski definition) is 4. The Hall–Kier alpha value is -2.86. The number of carbonyl (C=O) groups excluding carboxylic acids is 2. The molecule has 0 saturated carbocycles. The van der Waals surface area contributed by atoms with Crippen LogP contribution in [0.2, 0.25) is 0 Å². The summed E-state index contributed by atoms with van der Waals surface area (Å²) >= 11 is 0. The Labute approximate surface area is 145 Å². The molecule has 0 bridgehead atoms. The molecule has 6 nitrogen and oxygen atoms in total. The molecule has 2 aliphatic heterocycles. The SMILES string of the molecule is O=C1CCc2cc(C(=O)Nc3ccc4c(c3)CNCCO4)ccc2N1. The Kier molecular flexibility index (Phi) is 4.11. The molecular formula is C19H19N3O3. The molecule has 2 amide bonds. The van der Waals surface area contributed by atoms with Crippen LogP contribution < -0.4 is 20.7 Å². The van der Waals surface area contributed by atoms with E-state index in [1.165, 1.54) is 0 Å². The first-order chi connectivity index (χ1) is 12.2. The molecule has 0 radical (unpaired) electrons. The van der Waals surface area contributed by atoms with Crippen LogP contribution >= 0.6 is 0 Å². The summed E-state index contributed by atoms with van der Waals surface area (Å²) in [5.41, 5.74) is 4.14. The van der Waals surface area contributed by atoms with Gasteiger partial charge in [0.15, 0.2) is 0 Å². The number of hydrogen-bond donors (Lipinski definition) is 3. The second-order valence-electron chi connectivity index (χ2n) is 6.22. The summed E-state index contributed by atoms with van der Waals surface area (Å²) in [7, 11) is 0. The van der Waals surface area contributed by atoms with Gasteiger partial charge in [-0.3, -0.25) is 9.59 Å². The van der Waals surface area contributed by atoms with E-state index in [1.807, 2.05) is 24.3 Å². The second-order valence-corrected chi connectivity index (χ2v) is 6.22. The van der Waals surface area contributed by atoms with Gasteiger partial charge in [0.2, 0.25) is 5.91 Å². The van der Waals surface area contributed by atoms with Crippen LogP contribution in [0.4, 0.5) is 11.4 Å². The molecule has 2 aliphatic rings. The predicted octanol–water partition coefficient (Wildman–Crippen LogP) is 2.31. The standard InChI is InChI=1S/C19H19N3O3/c23-18-6-2-12-9-13(1-4-16(12)22-18)19(24)21-15-3-5-17-14(10-15)11-20-7-8-25-17/h1,3-5,9-10,20H,2,6-8,11H2,(H,21,24)(H,22,23). The Bertz CT molecular complexity index is 848. The second kappa shape index (κ2) is 6.57. The molecule has 2 aromatic rings. The molecule has 3 N–H and O–H groups in total. The number of benzene rings is 2. The summed E-state index contributed by atoms with van der Waals surface area (Å²) in [5, 5.41) is 9.04. The summed E-state index contributed by atoms with van der Waals surface area (Å²) in [5.74, 6) is 0.708. The van der Waals surface area contributed by atoms with E-state index in [1.54, 1.807) is 12.1 Å². The number of rotatable bonds is 2. The molecule has 2 aromatic carbocycles. The van der Waals surface area contributed by atoms with Crippen molar-refractivity contribution in [3.63, 3.8) is 0 Å². The first-order valence-corrected chi connectivity index (χ1v) is 8.39. The zero-order chi connectivity index (χ0) is 17.2. The molecule has 6 heteroatoms. The summed E-state index contributed by atoms with van der Waals surface area (Å²) in [6.45, 7) is 2.17. The zero-order valence-corrected chi connectivity index (χ0v) is 13.7. The maximum atomic E-state index is 12.6. The molecule has 4 rings (SSSR count).